The van der Waals surface area contributed by atoms with Crippen LogP contribution in [0.15, 0.2) is 17.8 Å². The van der Waals surface area contributed by atoms with Crippen molar-refractivity contribution in [1.82, 2.24) is 15.3 Å². The molecule has 0 radical (unpaired) electrons. The summed E-state index contributed by atoms with van der Waals surface area (Å²) in [6.45, 7) is 12.8. The van der Waals surface area contributed by atoms with Crippen molar-refractivity contribution >= 4 is 5.84 Å². The fraction of sp³-hybridized carbons (Fsp3) is 0.727. The Morgan fingerprint density at radius 1 is 1.47 bits per heavy atom. The molecule has 0 aliphatic carbocycles. The Labute approximate surface area is 93.6 Å². The third kappa shape index (κ3) is 4.34. The maximum Gasteiger partial charge on any atom is 0.125 e. The molecule has 0 aromatic rings. The molecule has 0 unspecified atom stereocenters. The monoisotopic (exact) mass is 212 g/mol. The van der Waals surface area contributed by atoms with Gasteiger partial charge in [-0.1, -0.05) is 6.58 Å². The van der Waals surface area contributed by atoms with E-state index in [9.17, 15) is 0 Å². The summed E-state index contributed by atoms with van der Waals surface area (Å²) in [6, 6.07) is 0. The molecule has 0 saturated carbocycles. The zero-order valence-electron chi connectivity index (χ0n) is 10.8. The van der Waals surface area contributed by atoms with Crippen molar-refractivity contribution in [2.45, 2.75) is 33.4 Å². The van der Waals surface area contributed by atoms with E-state index in [1.165, 1.54) is 0 Å². The van der Waals surface area contributed by atoms with Gasteiger partial charge in [-0.05, 0) is 27.7 Å². The molecule has 0 aliphatic heterocycles. The minimum atomic E-state index is -0.290. The first kappa shape index (κ1) is 14.0. The van der Waals surface area contributed by atoms with Gasteiger partial charge in [0.1, 0.15) is 5.66 Å². The van der Waals surface area contributed by atoms with Gasteiger partial charge in [0.2, 0.25) is 0 Å². The summed E-state index contributed by atoms with van der Waals surface area (Å²) in [7, 11) is 3.99. The van der Waals surface area contributed by atoms with E-state index in [2.05, 4.69) is 42.7 Å². The van der Waals surface area contributed by atoms with Gasteiger partial charge in [-0.2, -0.15) is 0 Å². The van der Waals surface area contributed by atoms with Gasteiger partial charge >= 0.3 is 0 Å². The summed E-state index contributed by atoms with van der Waals surface area (Å²) in [6.07, 6.45) is 1.65. The van der Waals surface area contributed by atoms with Gasteiger partial charge in [-0.3, -0.25) is 0 Å². The molecule has 0 spiro atoms. The average molecular weight is 212 g/mol. The molecule has 4 nitrogen and oxygen atoms in total. The number of nitrogens with one attached hydrogen (secondary N) is 1. The summed E-state index contributed by atoms with van der Waals surface area (Å²) in [4.78, 5) is 6.77. The van der Waals surface area contributed by atoms with Crippen LogP contribution in [0.5, 0.6) is 0 Å². The van der Waals surface area contributed by atoms with E-state index in [4.69, 9.17) is 0 Å². The number of aliphatic imine (C=N–C) groups is 1. The van der Waals surface area contributed by atoms with E-state index in [-0.39, 0.29) is 5.66 Å². The van der Waals surface area contributed by atoms with Crippen LogP contribution in [-0.2, 0) is 0 Å². The molecule has 0 atom stereocenters. The van der Waals surface area contributed by atoms with Gasteiger partial charge in [0.05, 0.1) is 5.84 Å². The topological polar surface area (TPSA) is 30.9 Å². The Kier molecular flexibility index (Phi) is 5.36. The molecule has 0 fully saturated rings. The molecule has 15 heavy (non-hydrogen) atoms. The highest BCUT2D eigenvalue weighted by atomic mass is 15.5. The molecule has 0 bridgehead atoms. The van der Waals surface area contributed by atoms with Crippen LogP contribution in [-0.4, -0.2) is 42.0 Å². The van der Waals surface area contributed by atoms with E-state index in [0.717, 1.165) is 12.4 Å². The van der Waals surface area contributed by atoms with Gasteiger partial charge in [-0.15, -0.1) is 0 Å². The summed E-state index contributed by atoms with van der Waals surface area (Å²) >= 11 is 0. The van der Waals surface area contributed by atoms with Crippen LogP contribution in [0.25, 0.3) is 0 Å². The molecule has 0 aromatic heterocycles. The Hall–Kier alpha value is -1.03. The fourth-order valence-corrected chi connectivity index (χ4v) is 1.08. The number of hydrogen-bond donors (Lipinski definition) is 1. The Morgan fingerprint density at radius 3 is 2.40 bits per heavy atom. The highest BCUT2D eigenvalue weighted by Crippen LogP contribution is 2.12. The molecule has 0 aliphatic rings. The first-order valence-electron chi connectivity index (χ1n) is 5.23. The van der Waals surface area contributed by atoms with E-state index < -0.39 is 0 Å². The van der Waals surface area contributed by atoms with Gasteiger partial charge < -0.3 is 10.3 Å². The van der Waals surface area contributed by atoms with Crippen LogP contribution >= 0.6 is 0 Å². The lowest BCUT2D eigenvalue weighted by Gasteiger charge is -2.33. The highest BCUT2D eigenvalue weighted by Gasteiger charge is 2.22. The zero-order valence-corrected chi connectivity index (χ0v) is 10.8. The van der Waals surface area contributed by atoms with Crippen LogP contribution in [0, 0.1) is 0 Å². The smallest absolute Gasteiger partial charge is 0.125 e. The van der Waals surface area contributed by atoms with E-state index in [1.54, 1.807) is 6.20 Å². The maximum atomic E-state index is 4.66. The van der Waals surface area contributed by atoms with Crippen LogP contribution in [0.4, 0.5) is 0 Å². The largest absolute Gasteiger partial charge is 0.364 e. The van der Waals surface area contributed by atoms with Crippen molar-refractivity contribution < 1.29 is 0 Å². The first-order valence-corrected chi connectivity index (χ1v) is 5.23. The summed E-state index contributed by atoms with van der Waals surface area (Å²) in [5.41, 5.74) is 2.73. The van der Waals surface area contributed by atoms with Crippen LogP contribution < -0.4 is 5.43 Å². The van der Waals surface area contributed by atoms with Crippen LogP contribution in [0.2, 0.25) is 0 Å². The number of hydrazine groups is 1. The molecule has 1 N–H and O–H groups in total. The SMILES string of the molecule is C=CNN(C)C(C)(C)N=C(C)N(C)CC. The van der Waals surface area contributed by atoms with Crippen LogP contribution in [0.1, 0.15) is 27.7 Å². The summed E-state index contributed by atoms with van der Waals surface area (Å²) < 4.78 is 0. The second-order valence-electron chi connectivity index (χ2n) is 4.06. The molecule has 0 heterocycles. The van der Waals surface area contributed by atoms with Crippen molar-refractivity contribution in [2.24, 2.45) is 4.99 Å². The van der Waals surface area contributed by atoms with Gasteiger partial charge in [0, 0.05) is 26.8 Å². The van der Waals surface area contributed by atoms with Crippen molar-refractivity contribution in [3.8, 4) is 0 Å². The fourth-order valence-electron chi connectivity index (χ4n) is 1.08. The third-order valence-electron chi connectivity index (χ3n) is 2.57. The Bertz CT molecular complexity index is 233. The highest BCUT2D eigenvalue weighted by molar-refractivity contribution is 5.79. The molecule has 0 amide bonds. The number of amidine groups is 1. The minimum absolute atomic E-state index is 0.290. The van der Waals surface area contributed by atoms with Crippen molar-refractivity contribution in [1.29, 1.82) is 0 Å². The number of rotatable bonds is 5. The predicted octanol–water partition coefficient (Wildman–Crippen LogP) is 1.67. The molecule has 0 saturated heterocycles. The van der Waals surface area contributed by atoms with Gasteiger partial charge in [0.25, 0.3) is 0 Å². The normalized spacial score (nSPS) is 12.9. The third-order valence-corrected chi connectivity index (χ3v) is 2.57. The lowest BCUT2D eigenvalue weighted by Crippen LogP contribution is -2.47. The van der Waals surface area contributed by atoms with E-state index >= 15 is 0 Å². The second-order valence-corrected chi connectivity index (χ2v) is 4.06. The van der Waals surface area contributed by atoms with Crippen molar-refractivity contribution in [3.63, 3.8) is 0 Å². The number of nitrogens with zero attached hydrogens (tertiary/aromatic N) is 3. The second kappa shape index (κ2) is 5.75. The molecule has 88 valence electrons. The maximum absolute atomic E-state index is 4.66. The zero-order chi connectivity index (χ0) is 12.1. The molecular formula is C11H24N4. The van der Waals surface area contributed by atoms with Crippen LogP contribution in [0.3, 0.4) is 0 Å². The quantitative estimate of drug-likeness (QED) is 0.427. The molecule has 0 rings (SSSR count). The predicted molar refractivity (Wildman–Crippen MR) is 66.6 cm³/mol. The van der Waals surface area contributed by atoms with Crippen molar-refractivity contribution in [2.75, 3.05) is 20.6 Å². The standard InChI is InChI=1S/C11H24N4/c1-8-12-15(7)11(4,5)13-10(3)14(6)9-2/h8,12H,1,9H2,2-7H3. The Morgan fingerprint density at radius 2 is 2.00 bits per heavy atom. The lowest BCUT2D eigenvalue weighted by molar-refractivity contribution is 0.122. The summed E-state index contributed by atoms with van der Waals surface area (Å²) in [5, 5.41) is 1.92. The molecule has 4 heteroatoms. The van der Waals surface area contributed by atoms with E-state index in [0.29, 0.717) is 0 Å². The van der Waals surface area contributed by atoms with E-state index in [1.807, 2.05) is 26.0 Å². The molecule has 0 aromatic carbocycles. The van der Waals surface area contributed by atoms with Gasteiger partial charge in [0.15, 0.2) is 0 Å². The Balaban J connectivity index is 4.65. The molecular weight excluding hydrogens is 188 g/mol. The lowest BCUT2D eigenvalue weighted by atomic mass is 10.2. The van der Waals surface area contributed by atoms with Gasteiger partial charge in [-0.25, -0.2) is 10.0 Å². The van der Waals surface area contributed by atoms with Crippen molar-refractivity contribution in [3.05, 3.63) is 12.8 Å². The average Bonchev–Trinajstić information content (AvgIpc) is 2.16. The summed E-state index contributed by atoms with van der Waals surface area (Å²) in [5.74, 6) is 1.03. The number of hydrogen-bond acceptors (Lipinski definition) is 3. The minimum Gasteiger partial charge on any atom is -0.364 e. The first-order chi connectivity index (χ1) is 6.85.